The Labute approximate surface area is 404 Å². The highest BCUT2D eigenvalue weighted by atomic mass is 32.1. The molecule has 0 saturated heterocycles. The molecule has 10 aromatic carbocycles. The second-order valence-corrected chi connectivity index (χ2v) is 19.0. The van der Waals surface area contributed by atoms with Crippen LogP contribution >= 0.6 is 11.3 Å². The van der Waals surface area contributed by atoms with E-state index in [4.69, 9.17) is 23.8 Å². The number of furan rings is 2. The molecule has 5 heterocycles. The molecule has 15 aromatic rings. The zero-order valence-electron chi connectivity index (χ0n) is 37.3. The smallest absolute Gasteiger partial charge is 0.164 e. The van der Waals surface area contributed by atoms with E-state index in [9.17, 15) is 0 Å². The Morgan fingerprint density at radius 2 is 0.914 bits per heavy atom. The Balaban J connectivity index is 0.864. The van der Waals surface area contributed by atoms with Gasteiger partial charge in [0.05, 0.1) is 11.0 Å². The molecule has 70 heavy (non-hydrogen) atoms. The molecule has 0 spiro atoms. The molecule has 0 N–H and O–H groups in total. The first-order valence-electron chi connectivity index (χ1n) is 23.4. The van der Waals surface area contributed by atoms with E-state index in [1.807, 2.05) is 53.8 Å². The molecule has 0 bridgehead atoms. The Hall–Kier alpha value is -9.17. The van der Waals surface area contributed by atoms with Gasteiger partial charge in [-0.05, 0) is 101 Å². The fourth-order valence-electron chi connectivity index (χ4n) is 10.6. The summed E-state index contributed by atoms with van der Waals surface area (Å²) in [6.45, 7) is 0. The lowest BCUT2D eigenvalue weighted by Gasteiger charge is -2.10. The lowest BCUT2D eigenvalue weighted by atomic mass is 9.98. The summed E-state index contributed by atoms with van der Waals surface area (Å²) in [5.41, 5.74) is 13.7. The van der Waals surface area contributed by atoms with Gasteiger partial charge in [0.2, 0.25) is 0 Å². The number of nitrogens with zero attached hydrogens (tertiary/aromatic N) is 4. The maximum atomic E-state index is 6.72. The maximum absolute atomic E-state index is 6.72. The van der Waals surface area contributed by atoms with Gasteiger partial charge in [0.1, 0.15) is 22.3 Å². The van der Waals surface area contributed by atoms with Crippen molar-refractivity contribution in [2.75, 3.05) is 0 Å². The second-order valence-electron chi connectivity index (χ2n) is 17.9. The number of para-hydroxylation sites is 2. The molecule has 0 saturated carbocycles. The van der Waals surface area contributed by atoms with Crippen molar-refractivity contribution < 1.29 is 8.83 Å². The molecule has 326 valence electrons. The fourth-order valence-corrected chi connectivity index (χ4v) is 11.8. The molecule has 0 radical (unpaired) electrons. The number of fused-ring (bicyclic) bond motifs is 12. The van der Waals surface area contributed by atoms with Crippen LogP contribution in [0.3, 0.4) is 0 Å². The van der Waals surface area contributed by atoms with Crippen molar-refractivity contribution in [2.24, 2.45) is 0 Å². The summed E-state index contributed by atoms with van der Waals surface area (Å²) < 4.78 is 18.2. The number of hydrogen-bond donors (Lipinski definition) is 0. The summed E-state index contributed by atoms with van der Waals surface area (Å²) in [7, 11) is 0. The van der Waals surface area contributed by atoms with Gasteiger partial charge in [-0.25, -0.2) is 15.0 Å². The largest absolute Gasteiger partial charge is 0.456 e. The van der Waals surface area contributed by atoms with Crippen molar-refractivity contribution in [3.05, 3.63) is 218 Å². The van der Waals surface area contributed by atoms with Crippen molar-refractivity contribution in [2.45, 2.75) is 0 Å². The standard InChI is InChI=1S/C63H36N4O2S/c1-3-13-37(14-4-1)61-64-62(41-27-31-47-46-30-26-40(35-55(46)69-56(47)36-41)43-19-12-24-58-60(43)48-18-8-10-23-57(48)70-58)66-63(65-61)49-20-11-22-54-59(49)50-33-38(28-32-53(50)68-54)39-25-29-45-44-17-7-9-21-51(44)67(52(45)34-39)42-15-5-2-6-16-42/h1-36H. The summed E-state index contributed by atoms with van der Waals surface area (Å²) in [6, 6.07) is 76.8. The molecule has 15 rings (SSSR count). The van der Waals surface area contributed by atoms with Gasteiger partial charge in [-0.1, -0.05) is 140 Å². The van der Waals surface area contributed by atoms with E-state index in [0.717, 1.165) is 88.5 Å². The summed E-state index contributed by atoms with van der Waals surface area (Å²) >= 11 is 1.83. The Kier molecular flexibility index (Phi) is 8.43. The SMILES string of the molecule is c1ccc(-c2nc(-c3ccc4c(c3)oc3cc(-c5cccc6sc7ccccc7c56)ccc34)nc(-c3cccc4oc5ccc(-c6ccc7c8ccccc8n(-c8ccccc8)c7c6)cc5c34)n2)cc1. The van der Waals surface area contributed by atoms with Gasteiger partial charge in [-0.15, -0.1) is 11.3 Å². The monoisotopic (exact) mass is 912 g/mol. The second kappa shape index (κ2) is 15.2. The maximum Gasteiger partial charge on any atom is 0.164 e. The van der Waals surface area contributed by atoms with Gasteiger partial charge in [0.15, 0.2) is 17.5 Å². The summed E-state index contributed by atoms with van der Waals surface area (Å²) in [6.07, 6.45) is 0. The number of rotatable bonds is 6. The highest BCUT2D eigenvalue weighted by molar-refractivity contribution is 7.25. The minimum atomic E-state index is 0.551. The molecular weight excluding hydrogens is 877 g/mol. The minimum absolute atomic E-state index is 0.551. The molecule has 0 unspecified atom stereocenters. The first kappa shape index (κ1) is 38.9. The van der Waals surface area contributed by atoms with Crippen LogP contribution in [-0.4, -0.2) is 19.5 Å². The molecule has 0 fully saturated rings. The first-order chi connectivity index (χ1) is 34.7. The average molecular weight is 913 g/mol. The Bertz CT molecular complexity index is 4600. The van der Waals surface area contributed by atoms with Crippen molar-refractivity contribution in [3.63, 3.8) is 0 Å². The van der Waals surface area contributed by atoms with Crippen LogP contribution in [-0.2, 0) is 0 Å². The predicted octanol–water partition coefficient (Wildman–Crippen LogP) is 17.5. The number of benzene rings is 10. The molecule has 0 aliphatic heterocycles. The van der Waals surface area contributed by atoms with E-state index in [0.29, 0.717) is 17.5 Å². The number of aromatic nitrogens is 4. The lowest BCUT2D eigenvalue weighted by molar-refractivity contribution is 0.668. The zero-order valence-corrected chi connectivity index (χ0v) is 38.1. The van der Waals surface area contributed by atoms with Gasteiger partial charge in [0, 0.05) is 74.9 Å². The van der Waals surface area contributed by atoms with Crippen molar-refractivity contribution in [3.8, 4) is 62.1 Å². The van der Waals surface area contributed by atoms with E-state index >= 15 is 0 Å². The lowest BCUT2D eigenvalue weighted by Crippen LogP contribution is -2.00. The highest BCUT2D eigenvalue weighted by Gasteiger charge is 2.21. The van der Waals surface area contributed by atoms with Crippen LogP contribution in [0.4, 0.5) is 0 Å². The third-order valence-electron chi connectivity index (χ3n) is 13.9. The van der Waals surface area contributed by atoms with Crippen LogP contribution in [0.1, 0.15) is 0 Å². The minimum Gasteiger partial charge on any atom is -0.456 e. The summed E-state index contributed by atoms with van der Waals surface area (Å²) in [5.74, 6) is 1.69. The molecule has 0 aliphatic carbocycles. The molecule has 5 aromatic heterocycles. The third kappa shape index (κ3) is 6.02. The van der Waals surface area contributed by atoms with Gasteiger partial charge >= 0.3 is 0 Å². The first-order valence-corrected chi connectivity index (χ1v) is 24.2. The van der Waals surface area contributed by atoms with Crippen molar-refractivity contribution >= 4 is 97.2 Å². The van der Waals surface area contributed by atoms with Crippen LogP contribution in [0.25, 0.3) is 148 Å². The van der Waals surface area contributed by atoms with E-state index in [1.54, 1.807) is 0 Å². The van der Waals surface area contributed by atoms with E-state index in [-0.39, 0.29) is 0 Å². The van der Waals surface area contributed by atoms with Crippen LogP contribution in [0.5, 0.6) is 0 Å². The van der Waals surface area contributed by atoms with Gasteiger partial charge < -0.3 is 13.4 Å². The highest BCUT2D eigenvalue weighted by Crippen LogP contribution is 2.43. The molecule has 0 amide bonds. The summed E-state index contributed by atoms with van der Waals surface area (Å²) in [4.78, 5) is 15.6. The Morgan fingerprint density at radius 3 is 1.77 bits per heavy atom. The van der Waals surface area contributed by atoms with Crippen molar-refractivity contribution in [1.82, 2.24) is 19.5 Å². The third-order valence-corrected chi connectivity index (χ3v) is 15.0. The Morgan fingerprint density at radius 1 is 0.314 bits per heavy atom. The quantitative estimate of drug-likeness (QED) is 0.166. The average Bonchev–Trinajstić information content (AvgIpc) is 4.19. The van der Waals surface area contributed by atoms with Crippen LogP contribution in [0, 0.1) is 0 Å². The van der Waals surface area contributed by atoms with Crippen LogP contribution < -0.4 is 0 Å². The zero-order chi connectivity index (χ0) is 45.9. The topological polar surface area (TPSA) is 69.9 Å². The van der Waals surface area contributed by atoms with Gasteiger partial charge in [-0.3, -0.25) is 0 Å². The number of thiophene rings is 1. The predicted molar refractivity (Wildman–Crippen MR) is 289 cm³/mol. The molecular formula is C63H36N4O2S. The van der Waals surface area contributed by atoms with Crippen LogP contribution in [0.2, 0.25) is 0 Å². The van der Waals surface area contributed by atoms with Gasteiger partial charge in [-0.2, -0.15) is 0 Å². The van der Waals surface area contributed by atoms with E-state index in [2.05, 4.69) is 180 Å². The van der Waals surface area contributed by atoms with Gasteiger partial charge in [0.25, 0.3) is 0 Å². The van der Waals surface area contributed by atoms with E-state index < -0.39 is 0 Å². The molecule has 7 heteroatoms. The van der Waals surface area contributed by atoms with E-state index in [1.165, 1.54) is 42.0 Å². The summed E-state index contributed by atoms with van der Waals surface area (Å²) in [5, 5.41) is 9.03. The van der Waals surface area contributed by atoms with Crippen molar-refractivity contribution in [1.29, 1.82) is 0 Å². The normalized spacial score (nSPS) is 12.0. The molecule has 0 atom stereocenters. The van der Waals surface area contributed by atoms with Crippen LogP contribution in [0.15, 0.2) is 227 Å². The molecule has 6 nitrogen and oxygen atoms in total. The fraction of sp³-hybridized carbons (Fsp3) is 0. The molecule has 0 aliphatic rings. The number of hydrogen-bond acceptors (Lipinski definition) is 6.